The van der Waals surface area contributed by atoms with Gasteiger partial charge in [0.05, 0.1) is 6.42 Å². The van der Waals surface area contributed by atoms with E-state index in [9.17, 15) is 4.79 Å². The second-order valence-corrected chi connectivity index (χ2v) is 5.84. The lowest BCUT2D eigenvalue weighted by atomic mass is 9.95. The van der Waals surface area contributed by atoms with E-state index in [1.54, 1.807) is 11.3 Å². The molecule has 1 aliphatic heterocycles. The fourth-order valence-corrected chi connectivity index (χ4v) is 2.99. The molecule has 1 N–H and O–H groups in total. The smallest absolute Gasteiger partial charge is 0.225 e. The average Bonchev–Trinajstić information content (AvgIpc) is 2.89. The van der Waals surface area contributed by atoms with Gasteiger partial charge in [-0.2, -0.15) is 0 Å². The monoisotopic (exact) mass is 267 g/mol. The molecule has 0 saturated carbocycles. The fourth-order valence-electron chi connectivity index (χ4n) is 2.29. The van der Waals surface area contributed by atoms with Gasteiger partial charge in [-0.25, -0.2) is 0 Å². The average molecular weight is 267 g/mol. The van der Waals surface area contributed by atoms with Gasteiger partial charge in [-0.1, -0.05) is 6.07 Å². The molecule has 1 aromatic rings. The molecule has 100 valence electrons. The SMILES string of the molecule is O=C(Cc1cccs1)NCCCC1CCOCC1. The lowest BCUT2D eigenvalue weighted by molar-refractivity contribution is -0.120. The zero-order valence-electron chi connectivity index (χ0n) is 10.7. The predicted octanol–water partition coefficient (Wildman–Crippen LogP) is 2.61. The first-order valence-electron chi connectivity index (χ1n) is 6.71. The molecular weight excluding hydrogens is 246 g/mol. The van der Waals surface area contributed by atoms with Crippen molar-refractivity contribution in [1.82, 2.24) is 5.32 Å². The first kappa shape index (κ1) is 13.6. The van der Waals surface area contributed by atoms with Crippen LogP contribution in [0.15, 0.2) is 17.5 Å². The summed E-state index contributed by atoms with van der Waals surface area (Å²) in [7, 11) is 0. The molecular formula is C14H21NO2S. The second kappa shape index (κ2) is 7.54. The Bertz CT molecular complexity index is 345. The van der Waals surface area contributed by atoms with E-state index in [-0.39, 0.29) is 5.91 Å². The van der Waals surface area contributed by atoms with Crippen LogP contribution in [0.25, 0.3) is 0 Å². The molecule has 3 nitrogen and oxygen atoms in total. The zero-order chi connectivity index (χ0) is 12.6. The molecule has 0 radical (unpaired) electrons. The minimum absolute atomic E-state index is 0.143. The van der Waals surface area contributed by atoms with Crippen LogP contribution in [-0.2, 0) is 16.0 Å². The Kier molecular flexibility index (Phi) is 5.68. The number of rotatable bonds is 6. The summed E-state index contributed by atoms with van der Waals surface area (Å²) in [4.78, 5) is 12.8. The van der Waals surface area contributed by atoms with Gasteiger partial charge in [0.1, 0.15) is 0 Å². The normalized spacial score (nSPS) is 16.7. The Balaban J connectivity index is 1.53. The van der Waals surface area contributed by atoms with Crippen LogP contribution in [0.5, 0.6) is 0 Å². The molecule has 0 atom stereocenters. The van der Waals surface area contributed by atoms with Gasteiger partial charge >= 0.3 is 0 Å². The summed E-state index contributed by atoms with van der Waals surface area (Å²) in [6.45, 7) is 2.63. The molecule has 1 saturated heterocycles. The van der Waals surface area contributed by atoms with Crippen LogP contribution in [0.1, 0.15) is 30.6 Å². The van der Waals surface area contributed by atoms with Crippen molar-refractivity contribution in [2.45, 2.75) is 32.1 Å². The van der Waals surface area contributed by atoms with Gasteiger partial charge in [0.15, 0.2) is 0 Å². The summed E-state index contributed by atoms with van der Waals surface area (Å²) in [5.41, 5.74) is 0. The lowest BCUT2D eigenvalue weighted by Crippen LogP contribution is -2.26. The van der Waals surface area contributed by atoms with E-state index in [1.807, 2.05) is 17.5 Å². The number of carbonyl (C=O) groups is 1. The molecule has 1 fully saturated rings. The van der Waals surface area contributed by atoms with Crippen molar-refractivity contribution >= 4 is 17.2 Å². The minimum atomic E-state index is 0.143. The van der Waals surface area contributed by atoms with Gasteiger partial charge in [0.25, 0.3) is 0 Å². The highest BCUT2D eigenvalue weighted by atomic mass is 32.1. The van der Waals surface area contributed by atoms with Gasteiger partial charge in [-0.3, -0.25) is 4.79 Å². The summed E-state index contributed by atoms with van der Waals surface area (Å²) >= 11 is 1.64. The van der Waals surface area contributed by atoms with Crippen molar-refractivity contribution in [3.8, 4) is 0 Å². The van der Waals surface area contributed by atoms with Gasteiger partial charge in [-0.05, 0) is 43.0 Å². The molecule has 0 unspecified atom stereocenters. The number of nitrogens with one attached hydrogen (secondary N) is 1. The van der Waals surface area contributed by atoms with E-state index in [1.165, 1.54) is 19.3 Å². The van der Waals surface area contributed by atoms with Crippen molar-refractivity contribution in [2.75, 3.05) is 19.8 Å². The maximum atomic E-state index is 11.6. The Morgan fingerprint density at radius 3 is 3.00 bits per heavy atom. The van der Waals surface area contributed by atoms with Crippen LogP contribution >= 0.6 is 11.3 Å². The van der Waals surface area contributed by atoms with Crippen LogP contribution in [-0.4, -0.2) is 25.7 Å². The third-order valence-corrected chi connectivity index (χ3v) is 4.24. The number of amides is 1. The van der Waals surface area contributed by atoms with E-state index in [2.05, 4.69) is 5.32 Å². The van der Waals surface area contributed by atoms with Crippen molar-refractivity contribution in [3.05, 3.63) is 22.4 Å². The summed E-state index contributed by atoms with van der Waals surface area (Å²) in [5.74, 6) is 0.942. The number of hydrogen-bond donors (Lipinski definition) is 1. The highest BCUT2D eigenvalue weighted by molar-refractivity contribution is 7.10. The number of carbonyl (C=O) groups excluding carboxylic acids is 1. The van der Waals surface area contributed by atoms with E-state index in [4.69, 9.17) is 4.74 Å². The topological polar surface area (TPSA) is 38.3 Å². The lowest BCUT2D eigenvalue weighted by Gasteiger charge is -2.21. The molecule has 0 bridgehead atoms. The number of hydrogen-bond acceptors (Lipinski definition) is 3. The summed E-state index contributed by atoms with van der Waals surface area (Å²) < 4.78 is 5.33. The van der Waals surface area contributed by atoms with Gasteiger partial charge in [0, 0.05) is 24.6 Å². The van der Waals surface area contributed by atoms with Crippen LogP contribution < -0.4 is 5.32 Å². The minimum Gasteiger partial charge on any atom is -0.381 e. The van der Waals surface area contributed by atoms with Crippen molar-refractivity contribution in [1.29, 1.82) is 0 Å². The van der Waals surface area contributed by atoms with Crippen LogP contribution in [0.3, 0.4) is 0 Å². The molecule has 18 heavy (non-hydrogen) atoms. The second-order valence-electron chi connectivity index (χ2n) is 4.80. The summed E-state index contributed by atoms with van der Waals surface area (Å²) in [6, 6.07) is 3.99. The Morgan fingerprint density at radius 1 is 1.44 bits per heavy atom. The Hall–Kier alpha value is -0.870. The molecule has 0 aromatic carbocycles. The third kappa shape index (κ3) is 4.78. The molecule has 0 spiro atoms. The first-order valence-corrected chi connectivity index (χ1v) is 7.59. The first-order chi connectivity index (χ1) is 8.84. The standard InChI is InChI=1S/C14H21NO2S/c16-14(11-13-4-2-10-18-13)15-7-1-3-12-5-8-17-9-6-12/h2,4,10,12H,1,3,5-9,11H2,(H,15,16). The van der Waals surface area contributed by atoms with Crippen molar-refractivity contribution in [2.24, 2.45) is 5.92 Å². The molecule has 1 aliphatic rings. The molecule has 0 aliphatic carbocycles. The fraction of sp³-hybridized carbons (Fsp3) is 0.643. The van der Waals surface area contributed by atoms with E-state index < -0.39 is 0 Å². The molecule has 1 amide bonds. The highest BCUT2D eigenvalue weighted by Gasteiger charge is 2.13. The van der Waals surface area contributed by atoms with Crippen molar-refractivity contribution < 1.29 is 9.53 Å². The van der Waals surface area contributed by atoms with Crippen molar-refractivity contribution in [3.63, 3.8) is 0 Å². The van der Waals surface area contributed by atoms with Crippen LogP contribution in [0, 0.1) is 5.92 Å². The van der Waals surface area contributed by atoms with E-state index in [0.29, 0.717) is 6.42 Å². The third-order valence-electron chi connectivity index (χ3n) is 3.37. The maximum Gasteiger partial charge on any atom is 0.225 e. The molecule has 4 heteroatoms. The zero-order valence-corrected chi connectivity index (χ0v) is 11.5. The van der Waals surface area contributed by atoms with E-state index >= 15 is 0 Å². The largest absolute Gasteiger partial charge is 0.381 e. The molecule has 1 aromatic heterocycles. The Labute approximate surface area is 113 Å². The van der Waals surface area contributed by atoms with Crippen LogP contribution in [0.2, 0.25) is 0 Å². The number of ether oxygens (including phenoxy) is 1. The molecule has 2 heterocycles. The van der Waals surface area contributed by atoms with Gasteiger partial charge < -0.3 is 10.1 Å². The van der Waals surface area contributed by atoms with Gasteiger partial charge in [-0.15, -0.1) is 11.3 Å². The quantitative estimate of drug-likeness (QED) is 0.805. The number of thiophene rings is 1. The van der Waals surface area contributed by atoms with Crippen LogP contribution in [0.4, 0.5) is 0 Å². The summed E-state index contributed by atoms with van der Waals surface area (Å²) in [5, 5.41) is 5.00. The summed E-state index contributed by atoms with van der Waals surface area (Å²) in [6.07, 6.45) is 5.19. The van der Waals surface area contributed by atoms with Gasteiger partial charge in [0.2, 0.25) is 5.91 Å². The highest BCUT2D eigenvalue weighted by Crippen LogP contribution is 2.19. The predicted molar refractivity (Wildman–Crippen MR) is 73.8 cm³/mol. The maximum absolute atomic E-state index is 11.6. The molecule has 2 rings (SSSR count). The Morgan fingerprint density at radius 2 is 2.28 bits per heavy atom. The van der Waals surface area contributed by atoms with E-state index in [0.717, 1.165) is 37.0 Å².